The van der Waals surface area contributed by atoms with E-state index in [0.29, 0.717) is 0 Å². The number of benzene rings is 16. The molecule has 0 radical (unpaired) electrons. The summed E-state index contributed by atoms with van der Waals surface area (Å²) in [6.45, 7) is 28.5. The van der Waals surface area contributed by atoms with E-state index in [9.17, 15) is 0 Å². The first kappa shape index (κ1) is 75.4. The van der Waals surface area contributed by atoms with Crippen LogP contribution in [0.1, 0.15) is 183 Å². The molecule has 0 bridgehead atoms. The van der Waals surface area contributed by atoms with Gasteiger partial charge in [-0.1, -0.05) is 338 Å². The Balaban J connectivity index is 0.618. The van der Waals surface area contributed by atoms with Gasteiger partial charge in [-0.25, -0.2) is 0 Å². The normalized spacial score (nSPS) is 15.6. The molecule has 3 heteroatoms. The zero-order valence-electron chi connectivity index (χ0n) is 72.2. The molecule has 0 spiro atoms. The third-order valence-electron chi connectivity index (χ3n) is 28.8. The molecule has 0 amide bonds. The standard InChI is InChI=1S/C120H99N3/c1-115(2)103-31-19-13-25-91(103)97-61-55-85(70-109(97)115)121(86-56-62-98-92-26-14-20-32-104(92)116(3,4)110(98)71-86)82-49-43-76(44-50-82)37-40-79-67-80(41-38-77-45-51-83(52-46-77)122(87-57-63-99-93-27-15-21-33-105(93)117(5,6)111(99)72-87)88-58-64-100-94-28-16-22-34-106(94)118(7,8)112(100)73-88)69-81(68-79)42-39-78-47-53-84(54-48-78)123(89-59-65-101-95-29-17-23-35-107(95)119(9,10)113(101)74-89)90-60-66-102-96-30-18-24-36-108(96)120(11,12)114(102)75-90/h13-75H,1-12H3/b40-37+,41-38+,42-39+. The van der Waals surface area contributed by atoms with Crippen LogP contribution in [0.4, 0.5) is 51.2 Å². The smallest absolute Gasteiger partial charge is 0.0465 e. The van der Waals surface area contributed by atoms with Gasteiger partial charge in [-0.15, -0.1) is 0 Å². The molecular weight excluding hydrogens is 1480 g/mol. The summed E-state index contributed by atoms with van der Waals surface area (Å²) in [4.78, 5) is 7.41. The van der Waals surface area contributed by atoms with Gasteiger partial charge >= 0.3 is 0 Å². The van der Waals surface area contributed by atoms with E-state index in [1.165, 1.54) is 134 Å². The first-order chi connectivity index (χ1) is 59.5. The Morgan fingerprint density at radius 1 is 0.138 bits per heavy atom. The molecule has 16 aromatic carbocycles. The van der Waals surface area contributed by atoms with Crippen LogP contribution in [0.3, 0.4) is 0 Å². The summed E-state index contributed by atoms with van der Waals surface area (Å²) in [6.07, 6.45) is 13.7. The summed E-state index contributed by atoms with van der Waals surface area (Å²) in [6, 6.07) is 131. The van der Waals surface area contributed by atoms with Crippen molar-refractivity contribution in [3.63, 3.8) is 0 Å². The van der Waals surface area contributed by atoms with Crippen LogP contribution in [0, 0.1) is 0 Å². The van der Waals surface area contributed by atoms with E-state index >= 15 is 0 Å². The van der Waals surface area contributed by atoms with Gasteiger partial charge in [0.1, 0.15) is 0 Å². The Labute approximate surface area is 725 Å². The average molecular weight is 1580 g/mol. The summed E-state index contributed by atoms with van der Waals surface area (Å²) in [5.41, 5.74) is 48.0. The molecular formula is C120H99N3. The highest BCUT2D eigenvalue weighted by Gasteiger charge is 2.43. The number of hydrogen-bond donors (Lipinski definition) is 0. The van der Waals surface area contributed by atoms with Crippen LogP contribution in [0.15, 0.2) is 346 Å². The van der Waals surface area contributed by atoms with Gasteiger partial charge in [-0.05, 0) is 294 Å². The Kier molecular flexibility index (Phi) is 17.1. The summed E-state index contributed by atoms with van der Waals surface area (Å²) in [5, 5.41) is 0. The summed E-state index contributed by atoms with van der Waals surface area (Å²) >= 11 is 0. The van der Waals surface area contributed by atoms with Crippen molar-refractivity contribution >= 4 is 87.6 Å². The molecule has 0 atom stereocenters. The van der Waals surface area contributed by atoms with Crippen molar-refractivity contribution in [2.45, 2.75) is 116 Å². The Hall–Kier alpha value is -13.9. The number of nitrogens with zero attached hydrogens (tertiary/aromatic N) is 3. The molecule has 0 saturated heterocycles. The van der Waals surface area contributed by atoms with Gasteiger partial charge < -0.3 is 14.7 Å². The lowest BCUT2D eigenvalue weighted by Crippen LogP contribution is -2.18. The van der Waals surface area contributed by atoms with Crippen LogP contribution in [0.25, 0.3) is 103 Å². The van der Waals surface area contributed by atoms with Crippen LogP contribution in [0.2, 0.25) is 0 Å². The fourth-order valence-electron chi connectivity index (χ4n) is 22.1. The largest absolute Gasteiger partial charge is 0.310 e. The van der Waals surface area contributed by atoms with Crippen LogP contribution < -0.4 is 14.7 Å². The lowest BCUT2D eigenvalue weighted by atomic mass is 9.82. The predicted octanol–water partition coefficient (Wildman–Crippen LogP) is 32.4. The zero-order chi connectivity index (χ0) is 83.8. The number of hydrogen-bond acceptors (Lipinski definition) is 3. The van der Waals surface area contributed by atoms with Crippen molar-refractivity contribution in [2.75, 3.05) is 14.7 Å². The summed E-state index contributed by atoms with van der Waals surface area (Å²) < 4.78 is 0. The minimum atomic E-state index is -0.158. The van der Waals surface area contributed by atoms with Crippen molar-refractivity contribution in [3.05, 3.63) is 446 Å². The fourth-order valence-corrected chi connectivity index (χ4v) is 22.1. The lowest BCUT2D eigenvalue weighted by Gasteiger charge is -2.29. The van der Waals surface area contributed by atoms with Gasteiger partial charge in [-0.3, -0.25) is 0 Å². The van der Waals surface area contributed by atoms with Crippen LogP contribution in [0.5, 0.6) is 0 Å². The minimum absolute atomic E-state index is 0.158. The monoisotopic (exact) mass is 1580 g/mol. The second kappa shape index (κ2) is 27.8. The minimum Gasteiger partial charge on any atom is -0.310 e. The first-order valence-corrected chi connectivity index (χ1v) is 43.8. The van der Waals surface area contributed by atoms with Crippen molar-refractivity contribution in [1.29, 1.82) is 0 Å². The topological polar surface area (TPSA) is 9.72 Å². The summed E-state index contributed by atoms with van der Waals surface area (Å²) in [5.74, 6) is 0. The summed E-state index contributed by atoms with van der Waals surface area (Å²) in [7, 11) is 0. The van der Waals surface area contributed by atoms with Gasteiger partial charge in [0.25, 0.3) is 0 Å². The van der Waals surface area contributed by atoms with Gasteiger partial charge in [0.15, 0.2) is 0 Å². The zero-order valence-corrected chi connectivity index (χ0v) is 72.2. The maximum absolute atomic E-state index is 2.47. The molecule has 6 aliphatic carbocycles. The molecule has 123 heavy (non-hydrogen) atoms. The molecule has 0 saturated carbocycles. The molecule has 22 rings (SSSR count). The highest BCUT2D eigenvalue weighted by Crippen LogP contribution is 2.59. The van der Waals surface area contributed by atoms with Crippen molar-refractivity contribution < 1.29 is 0 Å². The molecule has 0 N–H and O–H groups in total. The quantitative estimate of drug-likeness (QED) is 0.0947. The molecule has 16 aromatic rings. The molecule has 0 heterocycles. The predicted molar refractivity (Wildman–Crippen MR) is 522 cm³/mol. The molecule has 0 aromatic heterocycles. The molecule has 0 unspecified atom stereocenters. The average Bonchev–Trinajstić information content (AvgIpc) is 1.50. The van der Waals surface area contributed by atoms with E-state index in [-0.39, 0.29) is 32.5 Å². The second-order valence-corrected chi connectivity index (χ2v) is 38.1. The second-order valence-electron chi connectivity index (χ2n) is 38.1. The Morgan fingerprint density at radius 3 is 0.463 bits per heavy atom. The van der Waals surface area contributed by atoms with Crippen molar-refractivity contribution in [2.24, 2.45) is 0 Å². The van der Waals surface area contributed by atoms with Crippen molar-refractivity contribution in [1.82, 2.24) is 0 Å². The van der Waals surface area contributed by atoms with Crippen LogP contribution in [-0.4, -0.2) is 0 Å². The van der Waals surface area contributed by atoms with Gasteiger partial charge in [0, 0.05) is 83.7 Å². The number of anilines is 9. The first-order valence-electron chi connectivity index (χ1n) is 43.8. The SMILES string of the molecule is CC1(C)c2ccccc2-c2ccc(N(c3ccc(/C=C/c4cc(/C=C/c5ccc(N(c6ccc7c(c6)C(C)(C)c6ccccc6-7)c6ccc7c(c6)C(C)(C)c6ccccc6-7)cc5)cc(/C=C/c5ccc(N(c6ccc7c(c6)C(C)(C)c6ccccc6-7)c6ccc7c(c6)C(C)(C)c6ccccc6-7)cc5)c4)cc3)c3ccc4c(c3)C(C)(C)c3ccccc3-4)cc21. The molecule has 0 aliphatic heterocycles. The Morgan fingerprint density at radius 2 is 0.285 bits per heavy atom. The third kappa shape index (κ3) is 12.0. The van der Waals surface area contributed by atoms with E-state index in [0.717, 1.165) is 84.6 Å². The maximum atomic E-state index is 2.47. The molecule has 594 valence electrons. The fraction of sp³-hybridized carbons (Fsp3) is 0.150. The maximum Gasteiger partial charge on any atom is 0.0465 e. The van der Waals surface area contributed by atoms with Gasteiger partial charge in [-0.2, -0.15) is 0 Å². The van der Waals surface area contributed by atoms with Crippen LogP contribution >= 0.6 is 0 Å². The van der Waals surface area contributed by atoms with E-state index in [1.54, 1.807) is 0 Å². The number of fused-ring (bicyclic) bond motifs is 18. The van der Waals surface area contributed by atoms with E-state index < -0.39 is 0 Å². The highest BCUT2D eigenvalue weighted by atomic mass is 15.2. The van der Waals surface area contributed by atoms with E-state index in [2.05, 4.69) is 480 Å². The molecule has 0 fully saturated rings. The van der Waals surface area contributed by atoms with Gasteiger partial charge in [0.05, 0.1) is 0 Å². The molecule has 6 aliphatic rings. The van der Waals surface area contributed by atoms with Crippen molar-refractivity contribution in [3.8, 4) is 66.8 Å². The highest BCUT2D eigenvalue weighted by molar-refractivity contribution is 5.95. The third-order valence-corrected chi connectivity index (χ3v) is 28.8. The Bertz CT molecular complexity index is 6150. The van der Waals surface area contributed by atoms with Crippen LogP contribution in [-0.2, 0) is 32.5 Å². The van der Waals surface area contributed by atoms with E-state index in [1.807, 2.05) is 0 Å². The number of rotatable bonds is 15. The molecule has 3 nitrogen and oxygen atoms in total. The van der Waals surface area contributed by atoms with Gasteiger partial charge in [0.2, 0.25) is 0 Å². The van der Waals surface area contributed by atoms with E-state index in [4.69, 9.17) is 0 Å². The lowest BCUT2D eigenvalue weighted by molar-refractivity contribution is 0.659.